The molecule has 0 fully saturated rings. The van der Waals surface area contributed by atoms with Gasteiger partial charge in [-0.05, 0) is 47.9 Å². The van der Waals surface area contributed by atoms with Crippen LogP contribution < -0.4 is 4.84 Å². The molecule has 8 nitrogen and oxygen atoms in total. The van der Waals surface area contributed by atoms with Gasteiger partial charge >= 0.3 is 0 Å². The van der Waals surface area contributed by atoms with Crippen LogP contribution in [0.15, 0.2) is 72.3 Å². The molecule has 0 saturated carbocycles. The van der Waals surface area contributed by atoms with E-state index in [-0.39, 0.29) is 5.75 Å². The Balaban J connectivity index is 1.67. The van der Waals surface area contributed by atoms with E-state index >= 15 is 0 Å². The zero-order chi connectivity index (χ0) is 23.0. The van der Waals surface area contributed by atoms with Gasteiger partial charge in [-0.3, -0.25) is 0 Å². The summed E-state index contributed by atoms with van der Waals surface area (Å²) in [7, 11) is -3.32. The van der Waals surface area contributed by atoms with Crippen molar-refractivity contribution in [3.63, 3.8) is 0 Å². The maximum absolute atomic E-state index is 12.5. The molecular weight excluding hydrogens is 438 g/mol. The zero-order valence-electron chi connectivity index (χ0n) is 18.3. The average molecular weight is 462 g/mol. The standard InChI is InChI=1S/C24H23N5O3S/c1-3-33(30,31)19-7-4-6-18(13-19)20-8-5-9-22-23(20)21-12-17(2)14-26-24(21)29(22)32-11-10-28-16-25-15-27-28/h4-9,12-16H,3,10-11H2,1-2H3. The number of fused-ring (bicyclic) bond motifs is 3. The Morgan fingerprint density at radius 2 is 1.94 bits per heavy atom. The van der Waals surface area contributed by atoms with Crippen LogP contribution in [0.2, 0.25) is 0 Å². The summed E-state index contributed by atoms with van der Waals surface area (Å²) < 4.78 is 28.4. The molecule has 0 atom stereocenters. The van der Waals surface area contributed by atoms with Crippen molar-refractivity contribution in [1.29, 1.82) is 0 Å². The molecule has 0 N–H and O–H groups in total. The van der Waals surface area contributed by atoms with Gasteiger partial charge in [-0.25, -0.2) is 23.1 Å². The molecule has 0 aliphatic carbocycles. The summed E-state index contributed by atoms with van der Waals surface area (Å²) >= 11 is 0. The Morgan fingerprint density at radius 3 is 2.73 bits per heavy atom. The first-order valence-corrected chi connectivity index (χ1v) is 12.3. The molecule has 0 aliphatic heterocycles. The monoisotopic (exact) mass is 461 g/mol. The van der Waals surface area contributed by atoms with Gasteiger partial charge in [0.2, 0.25) is 0 Å². The van der Waals surface area contributed by atoms with Crippen LogP contribution in [0.4, 0.5) is 0 Å². The first-order valence-electron chi connectivity index (χ1n) is 10.7. The fraction of sp³-hybridized carbons (Fsp3) is 0.208. The van der Waals surface area contributed by atoms with Gasteiger partial charge in [-0.15, -0.1) is 0 Å². The highest BCUT2D eigenvalue weighted by Crippen LogP contribution is 2.36. The topological polar surface area (TPSA) is 91.9 Å². The van der Waals surface area contributed by atoms with Crippen molar-refractivity contribution >= 4 is 31.8 Å². The summed E-state index contributed by atoms with van der Waals surface area (Å²) in [5, 5.41) is 6.03. The number of rotatable bonds is 7. The molecule has 0 radical (unpaired) electrons. The van der Waals surface area contributed by atoms with Crippen molar-refractivity contribution in [2.75, 3.05) is 12.4 Å². The quantitative estimate of drug-likeness (QED) is 0.367. The molecule has 5 rings (SSSR count). The summed E-state index contributed by atoms with van der Waals surface area (Å²) in [6, 6.07) is 15.1. The van der Waals surface area contributed by atoms with Gasteiger partial charge in [-0.1, -0.05) is 31.2 Å². The van der Waals surface area contributed by atoms with E-state index in [1.165, 1.54) is 6.33 Å². The van der Waals surface area contributed by atoms with Crippen molar-refractivity contribution in [3.8, 4) is 11.1 Å². The second-order valence-electron chi connectivity index (χ2n) is 7.80. The molecule has 168 valence electrons. The second kappa shape index (κ2) is 8.32. The Bertz CT molecular complexity index is 1560. The SMILES string of the molecule is CCS(=O)(=O)c1cccc(-c2cccc3c2c2cc(C)cnc2n3OCCn2cncn2)c1. The lowest BCUT2D eigenvalue weighted by Crippen LogP contribution is -2.17. The van der Waals surface area contributed by atoms with Crippen molar-refractivity contribution in [2.24, 2.45) is 0 Å². The van der Waals surface area contributed by atoms with Crippen molar-refractivity contribution < 1.29 is 13.3 Å². The molecule has 5 aromatic rings. The van der Waals surface area contributed by atoms with Crippen molar-refractivity contribution in [2.45, 2.75) is 25.3 Å². The maximum atomic E-state index is 12.5. The third-order valence-electron chi connectivity index (χ3n) is 5.62. The molecule has 9 heteroatoms. The van der Waals surface area contributed by atoms with Gasteiger partial charge in [0.15, 0.2) is 15.5 Å². The third kappa shape index (κ3) is 3.84. The third-order valence-corrected chi connectivity index (χ3v) is 7.35. The summed E-state index contributed by atoms with van der Waals surface area (Å²) in [6.45, 7) is 4.58. The first kappa shape index (κ1) is 21.1. The highest BCUT2D eigenvalue weighted by Gasteiger charge is 2.19. The number of hydrogen-bond donors (Lipinski definition) is 0. The number of pyridine rings is 1. The van der Waals surface area contributed by atoms with Crippen molar-refractivity contribution in [3.05, 3.63) is 72.9 Å². The Kier molecular flexibility index (Phi) is 5.33. The lowest BCUT2D eigenvalue weighted by atomic mass is 10.00. The van der Waals surface area contributed by atoms with Crippen LogP contribution in [-0.4, -0.2) is 45.3 Å². The molecule has 3 aromatic heterocycles. The predicted molar refractivity (Wildman–Crippen MR) is 127 cm³/mol. The Morgan fingerprint density at radius 1 is 1.09 bits per heavy atom. The first-order chi connectivity index (χ1) is 16.0. The van der Waals surface area contributed by atoms with E-state index in [4.69, 9.17) is 4.84 Å². The molecule has 0 saturated heterocycles. The van der Waals surface area contributed by atoms with Gasteiger partial charge in [0.05, 0.1) is 22.7 Å². The average Bonchev–Trinajstić information content (AvgIpc) is 3.45. The number of benzene rings is 2. The highest BCUT2D eigenvalue weighted by atomic mass is 32.2. The van der Waals surface area contributed by atoms with Crippen LogP contribution in [0.5, 0.6) is 0 Å². The summed E-state index contributed by atoms with van der Waals surface area (Å²) in [6.07, 6.45) is 4.95. The highest BCUT2D eigenvalue weighted by molar-refractivity contribution is 7.91. The van der Waals surface area contributed by atoms with Gasteiger partial charge in [0, 0.05) is 17.0 Å². The van der Waals surface area contributed by atoms with Gasteiger partial charge in [0.1, 0.15) is 19.3 Å². The van der Waals surface area contributed by atoms with E-state index in [2.05, 4.69) is 21.1 Å². The van der Waals surface area contributed by atoms with Crippen LogP contribution in [-0.2, 0) is 16.4 Å². The summed E-state index contributed by atoms with van der Waals surface area (Å²) in [5.74, 6) is 0.0582. The fourth-order valence-corrected chi connectivity index (χ4v) is 4.91. The molecule has 0 unspecified atom stereocenters. The van der Waals surface area contributed by atoms with Gasteiger partial charge < -0.3 is 4.84 Å². The molecule has 0 aliphatic rings. The smallest absolute Gasteiger partial charge is 0.178 e. The van der Waals surface area contributed by atoms with Gasteiger partial charge in [-0.2, -0.15) is 9.83 Å². The second-order valence-corrected chi connectivity index (χ2v) is 10.1. The van der Waals surface area contributed by atoms with Crippen molar-refractivity contribution in [1.82, 2.24) is 24.5 Å². The lowest BCUT2D eigenvalue weighted by Gasteiger charge is -2.10. The van der Waals surface area contributed by atoms with E-state index in [0.29, 0.717) is 23.7 Å². The van der Waals surface area contributed by atoms with E-state index in [1.54, 1.807) is 40.9 Å². The minimum absolute atomic E-state index is 0.0582. The number of aromatic nitrogens is 5. The molecule has 3 heterocycles. The molecule has 0 spiro atoms. The molecule has 0 bridgehead atoms. The lowest BCUT2D eigenvalue weighted by molar-refractivity contribution is 0.118. The number of nitrogens with zero attached hydrogens (tertiary/aromatic N) is 5. The van der Waals surface area contributed by atoms with E-state index in [9.17, 15) is 8.42 Å². The van der Waals surface area contributed by atoms with Crippen LogP contribution in [0, 0.1) is 6.92 Å². The Labute approximate surface area is 191 Å². The maximum Gasteiger partial charge on any atom is 0.178 e. The summed E-state index contributed by atoms with van der Waals surface area (Å²) in [4.78, 5) is 15.1. The Hall–Kier alpha value is -3.72. The number of aryl methyl sites for hydroxylation is 1. The summed E-state index contributed by atoms with van der Waals surface area (Å²) in [5.41, 5.74) is 4.36. The minimum Gasteiger partial charge on any atom is -0.410 e. The molecule has 2 aromatic carbocycles. The van der Waals surface area contributed by atoms with E-state index in [1.807, 2.05) is 37.4 Å². The molecule has 0 amide bonds. The van der Waals surface area contributed by atoms with E-state index < -0.39 is 9.84 Å². The normalized spacial score (nSPS) is 11.9. The predicted octanol–water partition coefficient (Wildman–Crippen LogP) is 3.68. The fourth-order valence-electron chi connectivity index (χ4n) is 3.98. The number of hydrogen-bond acceptors (Lipinski definition) is 6. The largest absolute Gasteiger partial charge is 0.410 e. The van der Waals surface area contributed by atoms with Crippen LogP contribution >= 0.6 is 0 Å². The zero-order valence-corrected chi connectivity index (χ0v) is 19.2. The van der Waals surface area contributed by atoms with Gasteiger partial charge in [0.25, 0.3) is 0 Å². The van der Waals surface area contributed by atoms with Crippen LogP contribution in [0.25, 0.3) is 33.1 Å². The van der Waals surface area contributed by atoms with Crippen LogP contribution in [0.1, 0.15) is 12.5 Å². The van der Waals surface area contributed by atoms with E-state index in [0.717, 1.165) is 33.0 Å². The molecule has 33 heavy (non-hydrogen) atoms. The van der Waals surface area contributed by atoms with Crippen LogP contribution in [0.3, 0.4) is 0 Å². The number of sulfone groups is 1. The minimum atomic E-state index is -3.32. The molecular formula is C24H23N5O3S.